The van der Waals surface area contributed by atoms with E-state index in [4.69, 9.17) is 0 Å². The van der Waals surface area contributed by atoms with E-state index >= 15 is 0 Å². The summed E-state index contributed by atoms with van der Waals surface area (Å²) in [7, 11) is -3.09. The fraction of sp³-hybridized carbons (Fsp3) is 0.250. The summed E-state index contributed by atoms with van der Waals surface area (Å²) < 4.78 is 25.1. The van der Waals surface area contributed by atoms with Gasteiger partial charge in [-0.1, -0.05) is 18.2 Å². The van der Waals surface area contributed by atoms with E-state index < -0.39 is 10.0 Å². The lowest BCUT2D eigenvalue weighted by molar-refractivity contribution is 0.587. The maximum atomic E-state index is 10.8. The fourth-order valence-corrected chi connectivity index (χ4v) is 1.85. The first-order chi connectivity index (χ1) is 5.99. The molecule has 5 heteroatoms. The van der Waals surface area contributed by atoms with Crippen LogP contribution >= 0.6 is 22.6 Å². The SMILES string of the molecule is CS(=O)(=O)NCc1ccccc1I. The average Bonchev–Trinajstić information content (AvgIpc) is 2.01. The summed E-state index contributed by atoms with van der Waals surface area (Å²) in [6.07, 6.45) is 1.16. The molecule has 0 radical (unpaired) electrons. The van der Waals surface area contributed by atoms with Gasteiger partial charge >= 0.3 is 0 Å². The summed E-state index contributed by atoms with van der Waals surface area (Å²) in [4.78, 5) is 0. The van der Waals surface area contributed by atoms with Crippen molar-refractivity contribution in [2.45, 2.75) is 6.54 Å². The molecule has 0 saturated carbocycles. The highest BCUT2D eigenvalue weighted by atomic mass is 127. The minimum Gasteiger partial charge on any atom is -0.213 e. The molecule has 1 aromatic rings. The van der Waals surface area contributed by atoms with E-state index in [0.29, 0.717) is 6.54 Å². The van der Waals surface area contributed by atoms with Crippen LogP contribution in [0, 0.1) is 3.57 Å². The number of benzene rings is 1. The molecule has 3 nitrogen and oxygen atoms in total. The number of halogens is 1. The second kappa shape index (κ2) is 4.39. The summed E-state index contributed by atoms with van der Waals surface area (Å²) in [5.74, 6) is 0. The molecule has 0 heterocycles. The van der Waals surface area contributed by atoms with Gasteiger partial charge in [-0.15, -0.1) is 0 Å². The Balaban J connectivity index is 2.71. The second-order valence-electron chi connectivity index (χ2n) is 2.68. The molecule has 0 unspecified atom stereocenters. The van der Waals surface area contributed by atoms with Gasteiger partial charge in [-0.25, -0.2) is 13.1 Å². The van der Waals surface area contributed by atoms with Crippen molar-refractivity contribution in [3.05, 3.63) is 33.4 Å². The Hall–Kier alpha value is -0.140. The Bertz CT molecular complexity index is 389. The molecule has 1 aromatic carbocycles. The third-order valence-electron chi connectivity index (χ3n) is 1.48. The summed E-state index contributed by atoms with van der Waals surface area (Å²) in [5, 5.41) is 0. The predicted molar refractivity (Wildman–Crippen MR) is 60.8 cm³/mol. The van der Waals surface area contributed by atoms with Crippen LogP contribution in [-0.4, -0.2) is 14.7 Å². The topological polar surface area (TPSA) is 46.2 Å². The van der Waals surface area contributed by atoms with Gasteiger partial charge in [0.2, 0.25) is 10.0 Å². The van der Waals surface area contributed by atoms with Crippen LogP contribution in [0.1, 0.15) is 5.56 Å². The number of hydrogen-bond acceptors (Lipinski definition) is 2. The van der Waals surface area contributed by atoms with E-state index in [9.17, 15) is 8.42 Å². The van der Waals surface area contributed by atoms with Crippen LogP contribution < -0.4 is 4.72 Å². The second-order valence-corrected chi connectivity index (χ2v) is 5.68. The first-order valence-electron chi connectivity index (χ1n) is 3.67. The van der Waals surface area contributed by atoms with Gasteiger partial charge < -0.3 is 0 Å². The van der Waals surface area contributed by atoms with Crippen LogP contribution in [-0.2, 0) is 16.6 Å². The fourth-order valence-electron chi connectivity index (χ4n) is 0.851. The molecule has 13 heavy (non-hydrogen) atoms. The number of nitrogens with one attached hydrogen (secondary N) is 1. The van der Waals surface area contributed by atoms with Gasteiger partial charge in [0.05, 0.1) is 6.26 Å². The van der Waals surface area contributed by atoms with Gasteiger partial charge in [-0.05, 0) is 34.2 Å². The molecular weight excluding hydrogens is 301 g/mol. The van der Waals surface area contributed by atoms with Crippen molar-refractivity contribution in [3.8, 4) is 0 Å². The average molecular weight is 311 g/mol. The van der Waals surface area contributed by atoms with E-state index in [1.165, 1.54) is 0 Å². The van der Waals surface area contributed by atoms with Gasteiger partial charge in [0, 0.05) is 10.1 Å². The lowest BCUT2D eigenvalue weighted by atomic mass is 10.2. The zero-order valence-corrected chi connectivity index (χ0v) is 10.1. The van der Waals surface area contributed by atoms with Gasteiger partial charge in [-0.2, -0.15) is 0 Å². The Morgan fingerprint density at radius 2 is 2.00 bits per heavy atom. The quantitative estimate of drug-likeness (QED) is 0.856. The van der Waals surface area contributed by atoms with Gasteiger partial charge in [0.25, 0.3) is 0 Å². The minimum atomic E-state index is -3.09. The third kappa shape index (κ3) is 4.06. The molecular formula is C8H10INO2S. The highest BCUT2D eigenvalue weighted by Gasteiger charge is 2.02. The van der Waals surface area contributed by atoms with Gasteiger partial charge in [0.15, 0.2) is 0 Å². The normalized spacial score (nSPS) is 11.5. The van der Waals surface area contributed by atoms with Crippen molar-refractivity contribution in [3.63, 3.8) is 0 Å². The largest absolute Gasteiger partial charge is 0.213 e. The van der Waals surface area contributed by atoms with Crippen LogP contribution in [0.3, 0.4) is 0 Å². The lowest BCUT2D eigenvalue weighted by Gasteiger charge is -2.04. The molecule has 0 bridgehead atoms. The Morgan fingerprint density at radius 3 is 2.54 bits per heavy atom. The zero-order valence-electron chi connectivity index (χ0n) is 7.12. The minimum absolute atomic E-state index is 0.359. The van der Waals surface area contributed by atoms with Crippen molar-refractivity contribution < 1.29 is 8.42 Å². The maximum absolute atomic E-state index is 10.8. The summed E-state index contributed by atoms with van der Waals surface area (Å²) >= 11 is 2.18. The first-order valence-corrected chi connectivity index (χ1v) is 6.64. The number of hydrogen-bond donors (Lipinski definition) is 1. The van der Waals surface area contributed by atoms with Crippen LogP contribution in [0.5, 0.6) is 0 Å². The highest BCUT2D eigenvalue weighted by molar-refractivity contribution is 14.1. The van der Waals surface area contributed by atoms with E-state index in [2.05, 4.69) is 27.3 Å². The highest BCUT2D eigenvalue weighted by Crippen LogP contribution is 2.10. The molecule has 0 spiro atoms. The number of rotatable bonds is 3. The lowest BCUT2D eigenvalue weighted by Crippen LogP contribution is -2.21. The maximum Gasteiger partial charge on any atom is 0.209 e. The summed E-state index contributed by atoms with van der Waals surface area (Å²) in [6.45, 7) is 0.359. The first kappa shape index (κ1) is 10.9. The molecule has 0 fully saturated rings. The van der Waals surface area contributed by atoms with Crippen molar-refractivity contribution in [2.75, 3.05) is 6.26 Å². The number of sulfonamides is 1. The van der Waals surface area contributed by atoms with E-state index in [1.807, 2.05) is 24.3 Å². The molecule has 72 valence electrons. The van der Waals surface area contributed by atoms with Gasteiger partial charge in [0.1, 0.15) is 0 Å². The van der Waals surface area contributed by atoms with Crippen molar-refractivity contribution in [1.82, 2.24) is 4.72 Å². The molecule has 0 saturated heterocycles. The molecule has 0 aliphatic carbocycles. The van der Waals surface area contributed by atoms with E-state index in [1.54, 1.807) is 0 Å². The molecule has 0 atom stereocenters. The van der Waals surface area contributed by atoms with E-state index in [-0.39, 0.29) is 0 Å². The Labute approximate surface area is 91.7 Å². The predicted octanol–water partition coefficient (Wildman–Crippen LogP) is 1.34. The summed E-state index contributed by atoms with van der Waals surface area (Å²) in [5.41, 5.74) is 0.994. The van der Waals surface area contributed by atoms with Crippen LogP contribution in [0.2, 0.25) is 0 Å². The third-order valence-corrected chi connectivity index (χ3v) is 3.20. The van der Waals surface area contributed by atoms with E-state index in [0.717, 1.165) is 15.4 Å². The molecule has 0 aliphatic rings. The smallest absolute Gasteiger partial charge is 0.209 e. The molecule has 1 rings (SSSR count). The standard InChI is InChI=1S/C8H10INO2S/c1-13(11,12)10-6-7-4-2-3-5-8(7)9/h2-5,10H,6H2,1H3. The van der Waals surface area contributed by atoms with Gasteiger partial charge in [-0.3, -0.25) is 0 Å². The molecule has 0 aromatic heterocycles. The molecule has 0 aliphatic heterocycles. The zero-order chi connectivity index (χ0) is 9.90. The Morgan fingerprint density at radius 1 is 1.38 bits per heavy atom. The van der Waals surface area contributed by atoms with Crippen molar-refractivity contribution in [2.24, 2.45) is 0 Å². The van der Waals surface area contributed by atoms with Crippen LogP contribution in [0.4, 0.5) is 0 Å². The summed E-state index contributed by atoms with van der Waals surface area (Å²) in [6, 6.07) is 7.66. The monoisotopic (exact) mass is 311 g/mol. The van der Waals surface area contributed by atoms with Crippen molar-refractivity contribution >= 4 is 32.6 Å². The molecule has 0 amide bonds. The van der Waals surface area contributed by atoms with Crippen LogP contribution in [0.25, 0.3) is 0 Å². The molecule has 1 N–H and O–H groups in total. The van der Waals surface area contributed by atoms with Crippen LogP contribution in [0.15, 0.2) is 24.3 Å². The Kier molecular flexibility index (Phi) is 3.69. The van der Waals surface area contributed by atoms with Crippen molar-refractivity contribution in [1.29, 1.82) is 0 Å².